The van der Waals surface area contributed by atoms with Crippen LogP contribution < -0.4 is 29.1 Å². The van der Waals surface area contributed by atoms with Gasteiger partial charge in [-0.15, -0.1) is 0 Å². The third kappa shape index (κ3) is 5.72. The molecule has 1 aliphatic heterocycles. The van der Waals surface area contributed by atoms with E-state index in [9.17, 15) is 14.4 Å². The second kappa shape index (κ2) is 12.2. The minimum absolute atomic E-state index is 0.0177. The van der Waals surface area contributed by atoms with Gasteiger partial charge in [0.05, 0.1) is 46.7 Å². The number of benzene rings is 2. The number of halogens is 2. The van der Waals surface area contributed by atoms with Crippen molar-refractivity contribution in [2.75, 3.05) is 27.4 Å². The summed E-state index contributed by atoms with van der Waals surface area (Å²) < 4.78 is 23.2. The maximum atomic E-state index is 13.9. The number of nitrogens with zero attached hydrogens (tertiary/aromatic N) is 2. The Hall–Kier alpha value is -3.80. The molecule has 0 saturated heterocycles. The number of carboxylic acid groups (broad SMARTS) is 1. The van der Waals surface area contributed by atoms with E-state index in [0.717, 1.165) is 11.3 Å². The minimum atomic E-state index is -1.18. The zero-order valence-electron chi connectivity index (χ0n) is 21.8. The Bertz CT molecular complexity index is 1690. The lowest BCUT2D eigenvalue weighted by Crippen LogP contribution is -2.40. The van der Waals surface area contributed by atoms with Gasteiger partial charge in [0, 0.05) is 5.56 Å². The molecule has 1 N–H and O–H groups in total. The second-order valence-corrected chi connectivity index (χ2v) is 10.2. The number of carbonyl (C=O) groups excluding carboxylic acids is 1. The molecule has 1 aliphatic rings. The maximum Gasteiger partial charge on any atom is 0.341 e. The summed E-state index contributed by atoms with van der Waals surface area (Å²) in [5, 5.41) is 9.03. The summed E-state index contributed by atoms with van der Waals surface area (Å²) in [7, 11) is 3.01. The van der Waals surface area contributed by atoms with Gasteiger partial charge >= 0.3 is 11.9 Å². The molecule has 0 spiro atoms. The number of aromatic nitrogens is 1. The van der Waals surface area contributed by atoms with Crippen LogP contribution in [0.2, 0.25) is 10.0 Å². The van der Waals surface area contributed by atoms with E-state index in [4.69, 9.17) is 47.3 Å². The molecule has 0 bridgehead atoms. The molecule has 4 rings (SSSR count). The molecule has 0 fully saturated rings. The highest BCUT2D eigenvalue weighted by Crippen LogP contribution is 2.38. The van der Waals surface area contributed by atoms with Crippen molar-refractivity contribution in [2.24, 2.45) is 4.99 Å². The van der Waals surface area contributed by atoms with Gasteiger partial charge in [-0.25, -0.2) is 14.6 Å². The van der Waals surface area contributed by atoms with Crippen molar-refractivity contribution >= 4 is 52.6 Å². The number of rotatable bonds is 9. The van der Waals surface area contributed by atoms with Crippen molar-refractivity contribution in [1.29, 1.82) is 0 Å². The van der Waals surface area contributed by atoms with Crippen molar-refractivity contribution in [2.45, 2.75) is 19.9 Å². The van der Waals surface area contributed by atoms with Gasteiger partial charge in [0.1, 0.15) is 17.5 Å². The molecule has 2 heterocycles. The third-order valence-electron chi connectivity index (χ3n) is 5.91. The lowest BCUT2D eigenvalue weighted by Gasteiger charge is -2.26. The van der Waals surface area contributed by atoms with Crippen LogP contribution in [-0.2, 0) is 14.3 Å². The Morgan fingerprint density at radius 3 is 2.45 bits per heavy atom. The average molecular weight is 607 g/mol. The number of carbonyl (C=O) groups is 2. The van der Waals surface area contributed by atoms with E-state index in [1.807, 2.05) is 0 Å². The van der Waals surface area contributed by atoms with Gasteiger partial charge in [-0.1, -0.05) is 34.5 Å². The number of thiazole rings is 1. The normalized spacial score (nSPS) is 14.8. The molecule has 0 amide bonds. The summed E-state index contributed by atoms with van der Waals surface area (Å²) in [4.78, 5) is 42.8. The Kier molecular flexibility index (Phi) is 8.87. The molecule has 1 atom stereocenters. The van der Waals surface area contributed by atoms with Crippen LogP contribution in [0.15, 0.2) is 51.4 Å². The van der Waals surface area contributed by atoms with Crippen LogP contribution in [0, 0.1) is 0 Å². The van der Waals surface area contributed by atoms with Crippen molar-refractivity contribution < 1.29 is 33.6 Å². The van der Waals surface area contributed by atoms with E-state index in [2.05, 4.69) is 4.99 Å². The predicted octanol–water partition coefficient (Wildman–Crippen LogP) is 3.59. The Morgan fingerprint density at radius 2 is 1.85 bits per heavy atom. The van der Waals surface area contributed by atoms with E-state index in [1.165, 1.54) is 30.9 Å². The molecule has 3 aromatic rings. The van der Waals surface area contributed by atoms with Crippen LogP contribution in [-0.4, -0.2) is 49.0 Å². The topological polar surface area (TPSA) is 126 Å². The molecule has 13 heteroatoms. The van der Waals surface area contributed by atoms with E-state index in [-0.39, 0.29) is 32.5 Å². The fraction of sp³-hybridized carbons (Fsp3) is 0.259. The fourth-order valence-corrected chi connectivity index (χ4v) is 5.88. The molecular weight excluding hydrogens is 583 g/mol. The number of methoxy groups -OCH3 is 2. The molecule has 0 unspecified atom stereocenters. The number of hydrogen-bond acceptors (Lipinski definition) is 9. The second-order valence-electron chi connectivity index (χ2n) is 8.41. The highest BCUT2D eigenvalue weighted by molar-refractivity contribution is 7.07. The highest BCUT2D eigenvalue weighted by Gasteiger charge is 2.35. The number of allylic oxidation sites excluding steroid dienone is 1. The fourth-order valence-electron chi connectivity index (χ4n) is 4.22. The molecule has 210 valence electrons. The monoisotopic (exact) mass is 606 g/mol. The lowest BCUT2D eigenvalue weighted by molar-refractivity contribution is -0.140. The standard InChI is InChI=1S/C27H24Cl2N2O8S/c1-5-38-26(35)22-13(2)30-27-31(23(22)16-11-15(36-3)6-7-19(16)37-4)25(34)20(40-27)10-14-8-17(28)24(18(29)9-14)39-12-21(32)33/h6-11,23H,5,12H2,1-4H3,(H,32,33)/t23-/m0/s1. The summed E-state index contributed by atoms with van der Waals surface area (Å²) in [6.07, 6.45) is 1.58. The molecule has 0 aliphatic carbocycles. The zero-order valence-corrected chi connectivity index (χ0v) is 24.1. The first kappa shape index (κ1) is 29.2. The smallest absolute Gasteiger partial charge is 0.341 e. The van der Waals surface area contributed by atoms with Crippen LogP contribution in [0.3, 0.4) is 0 Å². The molecule has 10 nitrogen and oxygen atoms in total. The maximum absolute atomic E-state index is 13.9. The Labute approximate surface area is 242 Å². The van der Waals surface area contributed by atoms with E-state index < -0.39 is 30.1 Å². The highest BCUT2D eigenvalue weighted by atomic mass is 35.5. The van der Waals surface area contributed by atoms with Crippen LogP contribution in [0.25, 0.3) is 6.08 Å². The molecule has 2 aromatic carbocycles. The van der Waals surface area contributed by atoms with Crippen LogP contribution in [0.1, 0.15) is 31.0 Å². The predicted molar refractivity (Wildman–Crippen MR) is 150 cm³/mol. The molecule has 0 radical (unpaired) electrons. The van der Waals surface area contributed by atoms with Gasteiger partial charge in [0.25, 0.3) is 5.56 Å². The van der Waals surface area contributed by atoms with Crippen LogP contribution in [0.4, 0.5) is 0 Å². The molecule has 1 aromatic heterocycles. The SMILES string of the molecule is CCOC(=O)C1=C(C)N=c2sc(=Cc3cc(Cl)c(OCC(=O)O)c(Cl)c3)c(=O)n2[C@H]1c1cc(OC)ccc1OC. The van der Waals surface area contributed by atoms with Crippen LogP contribution >= 0.6 is 34.5 Å². The van der Waals surface area contributed by atoms with Gasteiger partial charge < -0.3 is 24.1 Å². The van der Waals surface area contributed by atoms with E-state index in [0.29, 0.717) is 33.1 Å². The van der Waals surface area contributed by atoms with Gasteiger partial charge in [0.15, 0.2) is 17.2 Å². The Balaban J connectivity index is 1.93. The quantitative estimate of drug-likeness (QED) is 0.366. The van der Waals surface area contributed by atoms with E-state index in [1.54, 1.807) is 38.1 Å². The van der Waals surface area contributed by atoms with Gasteiger partial charge in [-0.3, -0.25) is 9.36 Å². The summed E-state index contributed by atoms with van der Waals surface area (Å²) in [6.45, 7) is 2.89. The first-order valence-electron chi connectivity index (χ1n) is 11.8. The van der Waals surface area contributed by atoms with Crippen LogP contribution in [0.5, 0.6) is 17.2 Å². The first-order chi connectivity index (χ1) is 19.1. The number of aliphatic carboxylic acids is 1. The first-order valence-corrected chi connectivity index (χ1v) is 13.4. The summed E-state index contributed by atoms with van der Waals surface area (Å²) >= 11 is 13.7. The number of hydrogen-bond donors (Lipinski definition) is 1. The Morgan fingerprint density at radius 1 is 1.15 bits per heavy atom. The molecular formula is C27H24Cl2N2O8S. The summed E-state index contributed by atoms with van der Waals surface area (Å²) in [5.74, 6) is -0.831. The van der Waals surface area contributed by atoms with Gasteiger partial charge in [-0.2, -0.15) is 0 Å². The minimum Gasteiger partial charge on any atom is -0.497 e. The van der Waals surface area contributed by atoms with Gasteiger partial charge in [-0.05, 0) is 55.8 Å². The van der Waals surface area contributed by atoms with Gasteiger partial charge in [0.2, 0.25) is 0 Å². The number of esters is 1. The number of ether oxygens (including phenoxy) is 4. The average Bonchev–Trinajstić information content (AvgIpc) is 3.20. The van der Waals surface area contributed by atoms with Crippen molar-refractivity contribution in [3.63, 3.8) is 0 Å². The largest absolute Gasteiger partial charge is 0.497 e. The van der Waals surface area contributed by atoms with Crippen molar-refractivity contribution in [3.05, 3.63) is 82.5 Å². The summed E-state index contributed by atoms with van der Waals surface area (Å²) in [5.41, 5.74) is 1.15. The van der Waals surface area contributed by atoms with Crippen molar-refractivity contribution in [1.82, 2.24) is 4.57 Å². The number of fused-ring (bicyclic) bond motifs is 1. The van der Waals surface area contributed by atoms with Crippen molar-refractivity contribution in [3.8, 4) is 17.2 Å². The molecule has 40 heavy (non-hydrogen) atoms. The summed E-state index contributed by atoms with van der Waals surface area (Å²) in [6, 6.07) is 7.20. The number of carboxylic acids is 1. The third-order valence-corrected chi connectivity index (χ3v) is 7.45. The zero-order chi connectivity index (χ0) is 29.1. The lowest BCUT2D eigenvalue weighted by atomic mass is 9.94. The molecule has 0 saturated carbocycles. The van der Waals surface area contributed by atoms with E-state index >= 15 is 0 Å².